The normalized spacial score (nSPS) is 16.8. The standard InChI is InChI=1S/C33H51ClN4O9S/c1-31(2,3)26(37-27(40)20-13-14-23(22(34)18-20)36-30(43)47-33(7,8)9)29(42)38-16-11-12-24(38)28(41)35-21(15-17-48(10,44)45)19-25(39)46-32(4,5)6/h13-14,18,21,24,26H,11-12,15-17,19H2,1-10H3,(H,35,41)(H,36,43)(H,37,40)/t21-,24-,26+/m1/s1. The fraction of sp³-hybridized carbons (Fsp3) is 0.667. The van der Waals surface area contributed by atoms with Gasteiger partial charge in [-0.2, -0.15) is 0 Å². The molecule has 13 nitrogen and oxygen atoms in total. The minimum absolute atomic E-state index is 0.0141. The molecule has 1 aromatic carbocycles. The molecule has 15 heteroatoms. The van der Waals surface area contributed by atoms with Crippen LogP contribution in [-0.2, 0) is 33.7 Å². The van der Waals surface area contributed by atoms with Crippen LogP contribution in [0.1, 0.15) is 98.4 Å². The maximum absolute atomic E-state index is 14.0. The molecule has 0 spiro atoms. The van der Waals surface area contributed by atoms with Gasteiger partial charge in [-0.05, 0) is 84.4 Å². The summed E-state index contributed by atoms with van der Waals surface area (Å²) < 4.78 is 34.4. The van der Waals surface area contributed by atoms with Gasteiger partial charge in [-0.25, -0.2) is 13.2 Å². The number of hydrogen-bond acceptors (Lipinski definition) is 9. The van der Waals surface area contributed by atoms with Gasteiger partial charge in [0, 0.05) is 24.4 Å². The van der Waals surface area contributed by atoms with Gasteiger partial charge in [-0.15, -0.1) is 0 Å². The molecule has 3 atom stereocenters. The van der Waals surface area contributed by atoms with Crippen molar-refractivity contribution >= 4 is 56.9 Å². The predicted octanol–water partition coefficient (Wildman–Crippen LogP) is 4.47. The number of esters is 1. The smallest absolute Gasteiger partial charge is 0.412 e. The van der Waals surface area contributed by atoms with E-state index in [-0.39, 0.29) is 41.4 Å². The number of rotatable bonds is 11. The summed E-state index contributed by atoms with van der Waals surface area (Å²) in [6.45, 7) is 15.9. The van der Waals surface area contributed by atoms with Crippen LogP contribution in [0.3, 0.4) is 0 Å². The van der Waals surface area contributed by atoms with Gasteiger partial charge in [-0.1, -0.05) is 32.4 Å². The molecular formula is C33H51ClN4O9S. The number of benzene rings is 1. The molecule has 3 N–H and O–H groups in total. The lowest BCUT2D eigenvalue weighted by Gasteiger charge is -2.35. The summed E-state index contributed by atoms with van der Waals surface area (Å²) in [5.74, 6) is -2.43. The second-order valence-electron chi connectivity index (χ2n) is 15.2. The molecule has 1 aliphatic heterocycles. The molecule has 1 saturated heterocycles. The monoisotopic (exact) mass is 714 g/mol. The van der Waals surface area contributed by atoms with Crippen LogP contribution in [0.15, 0.2) is 18.2 Å². The molecule has 0 bridgehead atoms. The van der Waals surface area contributed by atoms with E-state index in [1.165, 1.54) is 23.1 Å². The number of nitrogens with one attached hydrogen (secondary N) is 3. The molecular weight excluding hydrogens is 664 g/mol. The van der Waals surface area contributed by atoms with E-state index >= 15 is 0 Å². The minimum atomic E-state index is -3.39. The molecule has 270 valence electrons. The van der Waals surface area contributed by atoms with Crippen molar-refractivity contribution in [3.05, 3.63) is 28.8 Å². The molecule has 48 heavy (non-hydrogen) atoms. The number of nitrogens with zero attached hydrogens (tertiary/aromatic N) is 1. The van der Waals surface area contributed by atoms with Gasteiger partial charge in [0.25, 0.3) is 5.91 Å². The third kappa shape index (κ3) is 13.6. The zero-order valence-corrected chi connectivity index (χ0v) is 31.2. The van der Waals surface area contributed by atoms with E-state index < -0.39 is 74.4 Å². The molecule has 1 heterocycles. The number of halogens is 1. The minimum Gasteiger partial charge on any atom is -0.460 e. The van der Waals surface area contributed by atoms with E-state index in [1.807, 2.05) is 0 Å². The summed E-state index contributed by atoms with van der Waals surface area (Å²) in [7, 11) is -3.39. The second kappa shape index (κ2) is 15.9. The Balaban J connectivity index is 2.22. The number of hydrogen-bond donors (Lipinski definition) is 3. The Bertz CT molecular complexity index is 1480. The van der Waals surface area contributed by atoms with Gasteiger partial charge in [0.05, 0.1) is 22.9 Å². The van der Waals surface area contributed by atoms with E-state index in [1.54, 1.807) is 62.3 Å². The topological polar surface area (TPSA) is 177 Å². The molecule has 0 radical (unpaired) electrons. The average molecular weight is 715 g/mol. The van der Waals surface area contributed by atoms with E-state index in [4.69, 9.17) is 21.1 Å². The van der Waals surface area contributed by atoms with Crippen LogP contribution in [0, 0.1) is 5.41 Å². The lowest BCUT2D eigenvalue weighted by atomic mass is 9.85. The molecule has 1 fully saturated rings. The third-order valence-corrected chi connectivity index (χ3v) is 8.40. The SMILES string of the molecule is CC(C)(C)OC(=O)C[C@@H](CCS(C)(=O)=O)NC(=O)[C@H]1CCCN1C(=O)[C@H](NC(=O)c1ccc(NC(=O)OC(C)(C)C)c(Cl)c1)C(C)(C)C. The Morgan fingerprint density at radius 2 is 1.56 bits per heavy atom. The van der Waals surface area contributed by atoms with Gasteiger partial charge in [0.1, 0.15) is 33.1 Å². The maximum Gasteiger partial charge on any atom is 0.412 e. The van der Waals surface area contributed by atoms with Crippen LogP contribution in [0.5, 0.6) is 0 Å². The molecule has 0 unspecified atom stereocenters. The summed E-state index contributed by atoms with van der Waals surface area (Å²) in [5.41, 5.74) is -1.89. The quantitative estimate of drug-likeness (QED) is 0.279. The van der Waals surface area contributed by atoms with Crippen LogP contribution >= 0.6 is 11.6 Å². The molecule has 4 amide bonds. The first-order chi connectivity index (χ1) is 21.8. The van der Waals surface area contributed by atoms with Crippen molar-refractivity contribution in [2.45, 2.75) is 117 Å². The van der Waals surface area contributed by atoms with Crippen LogP contribution in [0.25, 0.3) is 0 Å². The third-order valence-electron chi connectivity index (χ3n) is 7.11. The highest BCUT2D eigenvalue weighted by molar-refractivity contribution is 7.90. The summed E-state index contributed by atoms with van der Waals surface area (Å²) in [6.07, 6.45) is 0.969. The first-order valence-electron chi connectivity index (χ1n) is 15.9. The Labute approximate surface area is 289 Å². The molecule has 0 saturated carbocycles. The molecule has 1 aromatic rings. The van der Waals surface area contributed by atoms with Crippen LogP contribution in [0.2, 0.25) is 5.02 Å². The number of carbonyl (C=O) groups is 5. The largest absolute Gasteiger partial charge is 0.460 e. The van der Waals surface area contributed by atoms with Crippen molar-refractivity contribution in [2.24, 2.45) is 5.41 Å². The lowest BCUT2D eigenvalue weighted by Crippen LogP contribution is -2.58. The molecule has 2 rings (SSSR count). The van der Waals surface area contributed by atoms with Gasteiger partial charge in [0.15, 0.2) is 0 Å². The molecule has 0 aromatic heterocycles. The Morgan fingerprint density at radius 3 is 2.08 bits per heavy atom. The van der Waals surface area contributed by atoms with Crippen LogP contribution in [-0.4, -0.2) is 91.0 Å². The van der Waals surface area contributed by atoms with E-state index in [0.717, 1.165) is 6.26 Å². The van der Waals surface area contributed by atoms with Gasteiger partial charge < -0.3 is 25.0 Å². The van der Waals surface area contributed by atoms with Crippen LogP contribution < -0.4 is 16.0 Å². The highest BCUT2D eigenvalue weighted by Crippen LogP contribution is 2.28. The second-order valence-corrected chi connectivity index (χ2v) is 17.9. The number of anilines is 1. The average Bonchev–Trinajstić information content (AvgIpc) is 3.38. The van der Waals surface area contributed by atoms with Gasteiger partial charge in [-0.3, -0.25) is 24.5 Å². The zero-order valence-electron chi connectivity index (χ0n) is 29.6. The number of carbonyl (C=O) groups excluding carboxylic acids is 5. The summed E-state index contributed by atoms with van der Waals surface area (Å²) in [5, 5.41) is 8.19. The van der Waals surface area contributed by atoms with Crippen molar-refractivity contribution in [2.75, 3.05) is 23.9 Å². The summed E-state index contributed by atoms with van der Waals surface area (Å²) in [6, 6.07) is 1.49. The first-order valence-corrected chi connectivity index (χ1v) is 18.3. The number of likely N-dealkylation sites (tertiary alicyclic amines) is 1. The first kappa shape index (κ1) is 40.8. The van der Waals surface area contributed by atoms with Crippen molar-refractivity contribution in [3.8, 4) is 0 Å². The number of sulfone groups is 1. The Kier molecular flexibility index (Phi) is 13.5. The number of amides is 4. The fourth-order valence-electron chi connectivity index (χ4n) is 4.97. The van der Waals surface area contributed by atoms with Crippen LogP contribution in [0.4, 0.5) is 10.5 Å². The van der Waals surface area contributed by atoms with Crippen molar-refractivity contribution in [1.29, 1.82) is 0 Å². The number of ether oxygens (including phenoxy) is 2. The van der Waals surface area contributed by atoms with Crippen molar-refractivity contribution in [3.63, 3.8) is 0 Å². The maximum atomic E-state index is 14.0. The van der Waals surface area contributed by atoms with E-state index in [9.17, 15) is 32.4 Å². The highest BCUT2D eigenvalue weighted by atomic mass is 35.5. The zero-order chi connectivity index (χ0) is 36.8. The van der Waals surface area contributed by atoms with E-state index in [2.05, 4.69) is 16.0 Å². The van der Waals surface area contributed by atoms with Crippen molar-refractivity contribution in [1.82, 2.24) is 15.5 Å². The van der Waals surface area contributed by atoms with Crippen molar-refractivity contribution < 1.29 is 41.9 Å². The summed E-state index contributed by atoms with van der Waals surface area (Å²) >= 11 is 6.35. The lowest BCUT2D eigenvalue weighted by molar-refractivity contribution is -0.155. The van der Waals surface area contributed by atoms with E-state index in [0.29, 0.717) is 12.8 Å². The summed E-state index contributed by atoms with van der Waals surface area (Å²) in [4.78, 5) is 67.1. The molecule has 1 aliphatic rings. The predicted molar refractivity (Wildman–Crippen MR) is 183 cm³/mol. The fourth-order valence-corrected chi connectivity index (χ4v) is 5.91. The highest BCUT2D eigenvalue weighted by Gasteiger charge is 2.42. The Hall–Kier alpha value is -3.39. The molecule has 0 aliphatic carbocycles. The van der Waals surface area contributed by atoms with Gasteiger partial charge >= 0.3 is 12.1 Å². The van der Waals surface area contributed by atoms with Gasteiger partial charge in [0.2, 0.25) is 11.8 Å². The Morgan fingerprint density at radius 1 is 0.958 bits per heavy atom.